The summed E-state index contributed by atoms with van der Waals surface area (Å²) in [7, 11) is 0. The van der Waals surface area contributed by atoms with E-state index in [1.54, 1.807) is 6.07 Å². The first-order chi connectivity index (χ1) is 14.8. The number of imidazole rings is 1. The minimum Gasteiger partial charge on any atom is -0.346 e. The fourth-order valence-electron chi connectivity index (χ4n) is 3.80. The Labute approximate surface area is 180 Å². The second-order valence-electron chi connectivity index (χ2n) is 8.44. The first kappa shape index (κ1) is 20.8. The van der Waals surface area contributed by atoms with Gasteiger partial charge in [-0.25, -0.2) is 9.67 Å². The molecule has 160 valence electrons. The normalized spacial score (nSPS) is 12.7. The molecular formula is C24H27N5O2. The Bertz CT molecular complexity index is 1270. The van der Waals surface area contributed by atoms with Crippen molar-refractivity contribution in [1.29, 1.82) is 0 Å². The van der Waals surface area contributed by atoms with E-state index in [0.717, 1.165) is 16.9 Å². The van der Waals surface area contributed by atoms with Gasteiger partial charge in [0.15, 0.2) is 0 Å². The van der Waals surface area contributed by atoms with Crippen LogP contribution in [0.25, 0.3) is 21.8 Å². The Kier molecular flexibility index (Phi) is 5.59. The number of H-pyrrole nitrogens is 1. The number of rotatable bonds is 6. The average Bonchev–Trinajstić information content (AvgIpc) is 3.17. The van der Waals surface area contributed by atoms with Crippen molar-refractivity contribution in [2.45, 2.75) is 46.2 Å². The molecule has 0 aliphatic rings. The number of nitrogens with zero attached hydrogens (tertiary/aromatic N) is 3. The van der Waals surface area contributed by atoms with Gasteiger partial charge in [0.2, 0.25) is 5.91 Å². The number of aromatic nitrogens is 4. The van der Waals surface area contributed by atoms with Crippen LogP contribution in [-0.2, 0) is 11.2 Å². The number of benzene rings is 2. The van der Waals surface area contributed by atoms with Gasteiger partial charge in [-0.15, -0.1) is 0 Å². The van der Waals surface area contributed by atoms with Gasteiger partial charge in [0.25, 0.3) is 5.56 Å². The van der Waals surface area contributed by atoms with Crippen molar-refractivity contribution in [3.05, 3.63) is 70.4 Å². The van der Waals surface area contributed by atoms with E-state index in [2.05, 4.69) is 20.4 Å². The molecule has 7 heteroatoms. The molecule has 4 aromatic rings. The molecule has 0 saturated carbocycles. The fraction of sp³-hybridized carbons (Fsp3) is 0.333. The first-order valence-electron chi connectivity index (χ1n) is 10.6. The number of nitrogens with one attached hydrogen (secondary N) is 2. The molecule has 0 bridgehead atoms. The highest BCUT2D eigenvalue weighted by atomic mass is 16.2. The number of aromatic amines is 1. The molecule has 0 unspecified atom stereocenters. The maximum absolute atomic E-state index is 13.0. The van der Waals surface area contributed by atoms with Gasteiger partial charge in [-0.1, -0.05) is 44.2 Å². The highest BCUT2D eigenvalue weighted by molar-refractivity contribution is 5.88. The zero-order valence-corrected chi connectivity index (χ0v) is 18.2. The molecule has 0 aliphatic carbocycles. The summed E-state index contributed by atoms with van der Waals surface area (Å²) < 4.78 is 1.45. The van der Waals surface area contributed by atoms with E-state index in [-0.39, 0.29) is 35.9 Å². The summed E-state index contributed by atoms with van der Waals surface area (Å²) in [6, 6.07) is 14.8. The third-order valence-electron chi connectivity index (χ3n) is 5.41. The van der Waals surface area contributed by atoms with E-state index in [4.69, 9.17) is 0 Å². The average molecular weight is 418 g/mol. The number of amides is 1. The van der Waals surface area contributed by atoms with Crippen molar-refractivity contribution in [3.63, 3.8) is 0 Å². The van der Waals surface area contributed by atoms with Crippen LogP contribution in [0.3, 0.4) is 0 Å². The van der Waals surface area contributed by atoms with Gasteiger partial charge in [-0.2, -0.15) is 5.10 Å². The Balaban J connectivity index is 1.65. The minimum atomic E-state index is -0.262. The fourth-order valence-corrected chi connectivity index (χ4v) is 3.80. The molecule has 2 heterocycles. The van der Waals surface area contributed by atoms with E-state index < -0.39 is 0 Å². The van der Waals surface area contributed by atoms with Crippen LogP contribution in [0.1, 0.15) is 51.3 Å². The maximum atomic E-state index is 13.0. The molecular weight excluding hydrogens is 390 g/mol. The molecule has 7 nitrogen and oxygen atoms in total. The van der Waals surface area contributed by atoms with Crippen LogP contribution in [0.2, 0.25) is 0 Å². The van der Waals surface area contributed by atoms with E-state index in [1.165, 1.54) is 4.68 Å². The monoisotopic (exact) mass is 417 g/mol. The van der Waals surface area contributed by atoms with Crippen LogP contribution in [0.5, 0.6) is 0 Å². The molecule has 0 fully saturated rings. The van der Waals surface area contributed by atoms with Crippen molar-refractivity contribution < 1.29 is 4.79 Å². The van der Waals surface area contributed by atoms with Crippen molar-refractivity contribution in [2.75, 3.05) is 0 Å². The van der Waals surface area contributed by atoms with Gasteiger partial charge in [0, 0.05) is 5.39 Å². The topological polar surface area (TPSA) is 92.7 Å². The van der Waals surface area contributed by atoms with Gasteiger partial charge in [0.05, 0.1) is 40.6 Å². The molecule has 4 rings (SSSR count). The van der Waals surface area contributed by atoms with Crippen molar-refractivity contribution in [1.82, 2.24) is 25.1 Å². The number of fused-ring (bicyclic) bond motifs is 2. The van der Waals surface area contributed by atoms with Gasteiger partial charge < -0.3 is 10.3 Å². The van der Waals surface area contributed by atoms with E-state index in [1.807, 2.05) is 70.2 Å². The number of carbonyl (C=O) groups excluding carboxylic acids is 1. The van der Waals surface area contributed by atoms with Crippen LogP contribution in [0.15, 0.2) is 53.3 Å². The second-order valence-corrected chi connectivity index (χ2v) is 8.44. The predicted molar refractivity (Wildman–Crippen MR) is 122 cm³/mol. The van der Waals surface area contributed by atoms with Crippen LogP contribution in [0, 0.1) is 5.92 Å². The first-order valence-corrected chi connectivity index (χ1v) is 10.6. The molecule has 2 aromatic carbocycles. The standard InChI is InChI=1S/C24H27N5O2/c1-14(2)22(23-25-18-11-7-8-12-19(18)26-23)27-21(30)13-20-16-9-5-6-10-17(16)24(31)29(28-20)15(3)4/h5-12,14-15,22H,13H2,1-4H3,(H,25,26)(H,27,30)/t22-/m1/s1. The SMILES string of the molecule is CC(C)[C@@H](NC(=O)Cc1nn(C(C)C)c(=O)c2ccccc12)c1nc2ccccc2[nH]1. The van der Waals surface area contributed by atoms with Crippen LogP contribution in [0.4, 0.5) is 0 Å². The van der Waals surface area contributed by atoms with Crippen molar-refractivity contribution in [2.24, 2.45) is 5.92 Å². The lowest BCUT2D eigenvalue weighted by Crippen LogP contribution is -2.34. The van der Waals surface area contributed by atoms with Gasteiger partial charge in [0.1, 0.15) is 5.82 Å². The lowest BCUT2D eigenvalue weighted by atomic mass is 10.0. The van der Waals surface area contributed by atoms with E-state index in [0.29, 0.717) is 16.5 Å². The number of hydrogen-bond acceptors (Lipinski definition) is 4. The Morgan fingerprint density at radius 3 is 2.39 bits per heavy atom. The smallest absolute Gasteiger partial charge is 0.274 e. The maximum Gasteiger partial charge on any atom is 0.274 e. The lowest BCUT2D eigenvalue weighted by molar-refractivity contribution is -0.121. The zero-order valence-electron chi connectivity index (χ0n) is 18.2. The summed E-state index contributed by atoms with van der Waals surface area (Å²) in [5, 5.41) is 8.92. The molecule has 31 heavy (non-hydrogen) atoms. The quantitative estimate of drug-likeness (QED) is 0.497. The summed E-state index contributed by atoms with van der Waals surface area (Å²) in [5.41, 5.74) is 2.26. The Morgan fingerprint density at radius 2 is 1.71 bits per heavy atom. The molecule has 0 spiro atoms. The van der Waals surface area contributed by atoms with Crippen LogP contribution < -0.4 is 10.9 Å². The molecule has 0 saturated heterocycles. The Hall–Kier alpha value is -3.48. The Morgan fingerprint density at radius 1 is 1.03 bits per heavy atom. The molecule has 0 radical (unpaired) electrons. The van der Waals surface area contributed by atoms with Crippen molar-refractivity contribution >= 4 is 27.7 Å². The molecule has 1 amide bonds. The predicted octanol–water partition coefficient (Wildman–Crippen LogP) is 3.91. The summed E-state index contributed by atoms with van der Waals surface area (Å²) >= 11 is 0. The number of carbonyl (C=O) groups is 1. The summed E-state index contributed by atoms with van der Waals surface area (Å²) in [4.78, 5) is 33.8. The highest BCUT2D eigenvalue weighted by Crippen LogP contribution is 2.23. The second kappa shape index (κ2) is 8.34. The zero-order chi connectivity index (χ0) is 22.1. The molecule has 2 N–H and O–H groups in total. The van der Waals surface area contributed by atoms with Crippen molar-refractivity contribution in [3.8, 4) is 0 Å². The molecule has 1 atom stereocenters. The minimum absolute atomic E-state index is 0.0803. The van der Waals surface area contributed by atoms with E-state index >= 15 is 0 Å². The lowest BCUT2D eigenvalue weighted by Gasteiger charge is -2.21. The van der Waals surface area contributed by atoms with Crippen LogP contribution in [-0.4, -0.2) is 25.7 Å². The van der Waals surface area contributed by atoms with E-state index in [9.17, 15) is 9.59 Å². The largest absolute Gasteiger partial charge is 0.346 e. The number of para-hydroxylation sites is 2. The summed E-state index contributed by atoms with van der Waals surface area (Å²) in [6.07, 6.45) is 0.0803. The van der Waals surface area contributed by atoms with Gasteiger partial charge in [-0.3, -0.25) is 9.59 Å². The van der Waals surface area contributed by atoms with Crippen LogP contribution >= 0.6 is 0 Å². The third-order valence-corrected chi connectivity index (χ3v) is 5.41. The highest BCUT2D eigenvalue weighted by Gasteiger charge is 2.23. The van der Waals surface area contributed by atoms with Gasteiger partial charge in [-0.05, 0) is 38.0 Å². The van der Waals surface area contributed by atoms with Gasteiger partial charge >= 0.3 is 0 Å². The summed E-state index contributed by atoms with van der Waals surface area (Å²) in [5.74, 6) is 0.708. The molecule has 0 aliphatic heterocycles. The molecule has 2 aromatic heterocycles. The number of hydrogen-bond donors (Lipinski definition) is 2. The summed E-state index contributed by atoms with van der Waals surface area (Å²) in [6.45, 7) is 7.90. The third kappa shape index (κ3) is 4.08.